The summed E-state index contributed by atoms with van der Waals surface area (Å²) in [7, 11) is 0. The van der Waals surface area contributed by atoms with Crippen LogP contribution in [0.15, 0.2) is 35.6 Å². The van der Waals surface area contributed by atoms with E-state index in [-0.39, 0.29) is 5.69 Å². The van der Waals surface area contributed by atoms with E-state index in [9.17, 15) is 4.79 Å². The van der Waals surface area contributed by atoms with Crippen molar-refractivity contribution in [2.45, 2.75) is 38.6 Å². The molecule has 0 N–H and O–H groups in total. The second-order valence-electron chi connectivity index (χ2n) is 5.98. The molecule has 0 bridgehead atoms. The molecule has 0 amide bonds. The lowest BCUT2D eigenvalue weighted by Crippen LogP contribution is -2.27. The minimum Gasteiger partial charge on any atom is -0.274 e. The summed E-state index contributed by atoms with van der Waals surface area (Å²) < 4.78 is 3.18. The third-order valence-electron chi connectivity index (χ3n) is 4.47. The van der Waals surface area contributed by atoms with Crippen molar-refractivity contribution >= 4 is 11.3 Å². The summed E-state index contributed by atoms with van der Waals surface area (Å²) in [6.45, 7) is 0.688. The van der Waals surface area contributed by atoms with Crippen LogP contribution in [0.5, 0.6) is 0 Å². The second-order valence-corrected chi connectivity index (χ2v) is 5.98. The summed E-state index contributed by atoms with van der Waals surface area (Å²) in [5.74, 6) is 0.865. The molecule has 0 atom stereocenters. The van der Waals surface area contributed by atoms with E-state index >= 15 is 0 Å². The Morgan fingerprint density at radius 2 is 1.61 bits per heavy atom. The van der Waals surface area contributed by atoms with Crippen LogP contribution in [0, 0.1) is 5.92 Å². The Balaban J connectivity index is 1.85. The first-order valence-electron chi connectivity index (χ1n) is 8.04. The van der Waals surface area contributed by atoms with E-state index < -0.39 is 0 Å². The normalized spacial score (nSPS) is 16.0. The Bertz CT molecular complexity index is 863. The van der Waals surface area contributed by atoms with Gasteiger partial charge in [-0.15, -0.1) is 0 Å². The molecule has 4 rings (SSSR count). The molecule has 1 aliphatic rings. The maximum Gasteiger partial charge on any atom is 0.338 e. The molecule has 7 nitrogen and oxygen atoms in total. The average Bonchev–Trinajstić information content (AvgIpc) is 2.89. The molecule has 3 aromatic heterocycles. The van der Waals surface area contributed by atoms with Crippen molar-refractivity contribution in [2.75, 3.05) is 0 Å². The van der Waals surface area contributed by atoms with E-state index in [1.165, 1.54) is 36.7 Å². The fourth-order valence-corrected chi connectivity index (χ4v) is 3.35. The molecule has 1 fully saturated rings. The van der Waals surface area contributed by atoms with Crippen molar-refractivity contribution in [1.29, 1.82) is 0 Å². The SMILES string of the molecule is O=c1n(CC2CCCCC2)c2nccnc2n1-c1ncccn1. The smallest absolute Gasteiger partial charge is 0.274 e. The fourth-order valence-electron chi connectivity index (χ4n) is 3.35. The number of fused-ring (bicyclic) bond motifs is 1. The second kappa shape index (κ2) is 5.91. The first kappa shape index (κ1) is 14.0. The maximum absolute atomic E-state index is 12.9. The van der Waals surface area contributed by atoms with Crippen LogP contribution in [0.25, 0.3) is 17.2 Å². The third-order valence-corrected chi connectivity index (χ3v) is 4.47. The lowest BCUT2D eigenvalue weighted by molar-refractivity contribution is 0.318. The highest BCUT2D eigenvalue weighted by Gasteiger charge is 2.21. The Kier molecular flexibility index (Phi) is 3.61. The van der Waals surface area contributed by atoms with Crippen LogP contribution in [0.3, 0.4) is 0 Å². The van der Waals surface area contributed by atoms with Gasteiger partial charge in [0.25, 0.3) is 0 Å². The van der Waals surface area contributed by atoms with E-state index in [1.54, 1.807) is 35.4 Å². The number of imidazole rings is 1. The molecule has 0 aliphatic heterocycles. The summed E-state index contributed by atoms with van der Waals surface area (Å²) in [5.41, 5.74) is 0.956. The molecule has 3 aromatic rings. The largest absolute Gasteiger partial charge is 0.338 e. The number of hydrogen-bond donors (Lipinski definition) is 0. The number of nitrogens with zero attached hydrogens (tertiary/aromatic N) is 6. The van der Waals surface area contributed by atoms with Gasteiger partial charge in [0.1, 0.15) is 0 Å². The van der Waals surface area contributed by atoms with E-state index in [0.717, 1.165) is 0 Å². The van der Waals surface area contributed by atoms with E-state index in [1.807, 2.05) is 0 Å². The van der Waals surface area contributed by atoms with Gasteiger partial charge in [0.15, 0.2) is 11.3 Å². The summed E-state index contributed by atoms with van der Waals surface area (Å²) in [6.07, 6.45) is 12.6. The standard InChI is InChI=1S/C16H18N6O/c23-16-21(11-12-5-2-1-3-6-12)13-14(18-10-9-17-13)22(16)15-19-7-4-8-20-15/h4,7-10,12H,1-3,5-6,11H2. The lowest BCUT2D eigenvalue weighted by Gasteiger charge is -2.21. The van der Waals surface area contributed by atoms with Gasteiger partial charge in [0.05, 0.1) is 0 Å². The highest BCUT2D eigenvalue weighted by molar-refractivity contribution is 5.67. The average molecular weight is 310 g/mol. The van der Waals surface area contributed by atoms with Crippen LogP contribution >= 0.6 is 0 Å². The van der Waals surface area contributed by atoms with Gasteiger partial charge in [-0.25, -0.2) is 29.3 Å². The zero-order chi connectivity index (χ0) is 15.6. The summed E-state index contributed by atoms with van der Waals surface area (Å²) in [5, 5.41) is 0. The summed E-state index contributed by atoms with van der Waals surface area (Å²) >= 11 is 0. The first-order valence-corrected chi connectivity index (χ1v) is 8.04. The van der Waals surface area contributed by atoms with Crippen LogP contribution in [0.2, 0.25) is 0 Å². The van der Waals surface area contributed by atoms with Crippen molar-refractivity contribution in [3.05, 3.63) is 41.3 Å². The molecule has 0 saturated heterocycles. The molecule has 0 unspecified atom stereocenters. The quantitative estimate of drug-likeness (QED) is 0.739. The van der Waals surface area contributed by atoms with Gasteiger partial charge in [-0.3, -0.25) is 4.57 Å². The molecule has 0 spiro atoms. The predicted octanol–water partition coefficient (Wildman–Crippen LogP) is 1.95. The molecule has 3 heterocycles. The Morgan fingerprint density at radius 1 is 0.913 bits per heavy atom. The zero-order valence-electron chi connectivity index (χ0n) is 12.8. The van der Waals surface area contributed by atoms with Crippen LogP contribution in [-0.4, -0.2) is 29.1 Å². The number of rotatable bonds is 3. The Labute approximate surface area is 133 Å². The monoisotopic (exact) mass is 310 g/mol. The van der Waals surface area contributed by atoms with Crippen molar-refractivity contribution in [2.24, 2.45) is 5.92 Å². The minimum absolute atomic E-state index is 0.164. The highest BCUT2D eigenvalue weighted by Crippen LogP contribution is 2.25. The van der Waals surface area contributed by atoms with Gasteiger partial charge in [-0.2, -0.15) is 0 Å². The van der Waals surface area contributed by atoms with E-state index in [0.29, 0.717) is 29.7 Å². The van der Waals surface area contributed by atoms with Crippen molar-refractivity contribution in [1.82, 2.24) is 29.1 Å². The molecule has 1 saturated carbocycles. The Morgan fingerprint density at radius 3 is 2.35 bits per heavy atom. The van der Waals surface area contributed by atoms with Gasteiger partial charge < -0.3 is 0 Å². The van der Waals surface area contributed by atoms with Crippen LogP contribution in [0.4, 0.5) is 0 Å². The molecule has 0 aromatic carbocycles. The molecule has 0 radical (unpaired) electrons. The molecule has 118 valence electrons. The maximum atomic E-state index is 12.9. The molecule has 23 heavy (non-hydrogen) atoms. The zero-order valence-corrected chi connectivity index (χ0v) is 12.8. The predicted molar refractivity (Wildman–Crippen MR) is 85.3 cm³/mol. The molecule has 1 aliphatic carbocycles. The summed E-state index contributed by atoms with van der Waals surface area (Å²) in [4.78, 5) is 30.0. The van der Waals surface area contributed by atoms with E-state index in [4.69, 9.17) is 0 Å². The highest BCUT2D eigenvalue weighted by atomic mass is 16.2. The van der Waals surface area contributed by atoms with Crippen LogP contribution in [-0.2, 0) is 6.54 Å². The minimum atomic E-state index is -0.164. The topological polar surface area (TPSA) is 78.5 Å². The van der Waals surface area contributed by atoms with Crippen molar-refractivity contribution in [3.63, 3.8) is 0 Å². The van der Waals surface area contributed by atoms with Gasteiger partial charge >= 0.3 is 5.69 Å². The van der Waals surface area contributed by atoms with Gasteiger partial charge in [-0.05, 0) is 24.8 Å². The third kappa shape index (κ3) is 2.52. The van der Waals surface area contributed by atoms with E-state index in [2.05, 4.69) is 19.9 Å². The van der Waals surface area contributed by atoms with Crippen molar-refractivity contribution in [3.8, 4) is 5.95 Å². The van der Waals surface area contributed by atoms with Crippen molar-refractivity contribution < 1.29 is 0 Å². The number of hydrogen-bond acceptors (Lipinski definition) is 5. The lowest BCUT2D eigenvalue weighted by atomic mass is 9.89. The molecular weight excluding hydrogens is 292 g/mol. The van der Waals surface area contributed by atoms with Crippen LogP contribution in [0.1, 0.15) is 32.1 Å². The first-order chi connectivity index (χ1) is 11.3. The van der Waals surface area contributed by atoms with Crippen LogP contribution < -0.4 is 5.69 Å². The van der Waals surface area contributed by atoms with Gasteiger partial charge in [0, 0.05) is 31.3 Å². The number of aromatic nitrogens is 6. The molecule has 7 heteroatoms. The Hall–Kier alpha value is -2.57. The van der Waals surface area contributed by atoms with Gasteiger partial charge in [-0.1, -0.05) is 19.3 Å². The molecular formula is C16H18N6O. The van der Waals surface area contributed by atoms with Gasteiger partial charge in [0.2, 0.25) is 5.95 Å². The summed E-state index contributed by atoms with van der Waals surface area (Å²) in [6, 6.07) is 1.72. The fraction of sp³-hybridized carbons (Fsp3) is 0.438.